The molecule has 0 aliphatic heterocycles. The molecule has 0 unspecified atom stereocenters. The average Bonchev–Trinajstić information content (AvgIpc) is 3.14. The van der Waals surface area contributed by atoms with Gasteiger partial charge in [0, 0.05) is 5.56 Å². The Morgan fingerprint density at radius 2 is 1.90 bits per heavy atom. The predicted molar refractivity (Wildman–Crippen MR) is 118 cm³/mol. The molecule has 1 amide bonds. The average molecular weight is 458 g/mol. The number of hydrogen-bond donors (Lipinski definition) is 2. The van der Waals surface area contributed by atoms with Crippen LogP contribution >= 0.6 is 23.1 Å². The Labute approximate surface area is 180 Å². The van der Waals surface area contributed by atoms with Crippen LogP contribution in [0.2, 0.25) is 0 Å². The molecule has 2 aromatic carbocycles. The van der Waals surface area contributed by atoms with Gasteiger partial charge in [-0.25, -0.2) is 28.5 Å². The highest BCUT2D eigenvalue weighted by atomic mass is 32.2. The van der Waals surface area contributed by atoms with E-state index >= 15 is 0 Å². The van der Waals surface area contributed by atoms with Crippen molar-refractivity contribution in [1.29, 1.82) is 0 Å². The number of rotatable bonds is 6. The van der Waals surface area contributed by atoms with Gasteiger partial charge >= 0.3 is 0 Å². The van der Waals surface area contributed by atoms with Crippen molar-refractivity contribution in [2.75, 3.05) is 11.1 Å². The summed E-state index contributed by atoms with van der Waals surface area (Å²) in [5.41, 5.74) is 2.34. The second-order valence-electron chi connectivity index (χ2n) is 6.14. The molecule has 0 fully saturated rings. The Balaban J connectivity index is 1.42. The van der Waals surface area contributed by atoms with Crippen molar-refractivity contribution >= 4 is 54.4 Å². The summed E-state index contributed by atoms with van der Waals surface area (Å²) < 4.78 is 23.6. The van der Waals surface area contributed by atoms with Gasteiger partial charge in [0.1, 0.15) is 11.4 Å². The molecule has 4 aromatic rings. The number of amides is 1. The fourth-order valence-corrected chi connectivity index (χ4v) is 4.82. The minimum atomic E-state index is -3.79. The van der Waals surface area contributed by atoms with Crippen molar-refractivity contribution in [3.05, 3.63) is 60.9 Å². The van der Waals surface area contributed by atoms with Crippen LogP contribution in [0.1, 0.15) is 0 Å². The highest BCUT2D eigenvalue weighted by Gasteiger charge is 2.13. The largest absolute Gasteiger partial charge is 0.301 e. The number of nitrogens with one attached hydrogen (secondary N) is 1. The minimum Gasteiger partial charge on any atom is -0.301 e. The molecule has 11 heteroatoms. The molecule has 30 heavy (non-hydrogen) atoms. The van der Waals surface area contributed by atoms with E-state index in [0.717, 1.165) is 11.3 Å². The van der Waals surface area contributed by atoms with Crippen LogP contribution in [0.15, 0.2) is 70.8 Å². The first-order chi connectivity index (χ1) is 14.4. The number of carbonyl (C=O) groups excluding carboxylic acids is 1. The van der Waals surface area contributed by atoms with Gasteiger partial charge in [-0.15, -0.1) is 0 Å². The summed E-state index contributed by atoms with van der Waals surface area (Å²) in [6.45, 7) is 0. The number of primary sulfonamides is 1. The number of thioether (sulfide) groups is 1. The maximum atomic E-state index is 12.3. The molecule has 4 rings (SSSR count). The Hall–Kier alpha value is -2.86. The maximum Gasteiger partial charge on any atom is 0.238 e. The summed E-state index contributed by atoms with van der Waals surface area (Å²) in [5, 5.41) is 8.95. The van der Waals surface area contributed by atoms with Crippen LogP contribution in [0.5, 0.6) is 0 Å². The van der Waals surface area contributed by atoms with Crippen LogP contribution in [0.3, 0.4) is 0 Å². The number of sulfonamides is 1. The quantitative estimate of drug-likeness (QED) is 0.336. The molecule has 0 atom stereocenters. The number of nitrogens with zero attached hydrogens (tertiary/aromatic N) is 3. The molecular formula is C19H15N5O3S3. The van der Waals surface area contributed by atoms with Crippen LogP contribution < -0.4 is 10.5 Å². The zero-order valence-electron chi connectivity index (χ0n) is 15.3. The van der Waals surface area contributed by atoms with Crippen molar-refractivity contribution in [3.8, 4) is 11.3 Å². The third-order valence-corrected chi connectivity index (χ3v) is 6.77. The second kappa shape index (κ2) is 8.48. The molecule has 0 saturated heterocycles. The SMILES string of the molecule is NS(=O)(=O)c1ccc2nc(NC(=O)CSc3cc(-c4ccccc4)ncn3)sc2c1. The van der Waals surface area contributed by atoms with Crippen molar-refractivity contribution < 1.29 is 13.2 Å². The van der Waals surface area contributed by atoms with E-state index in [1.165, 1.54) is 41.6 Å². The number of hydrogen-bond acceptors (Lipinski definition) is 8. The molecule has 2 aromatic heterocycles. The molecule has 0 aliphatic carbocycles. The van der Waals surface area contributed by atoms with Crippen LogP contribution in [-0.2, 0) is 14.8 Å². The number of carbonyl (C=O) groups is 1. The molecular weight excluding hydrogens is 442 g/mol. The molecule has 2 heterocycles. The smallest absolute Gasteiger partial charge is 0.238 e. The van der Waals surface area contributed by atoms with Gasteiger partial charge in [-0.1, -0.05) is 53.4 Å². The zero-order chi connectivity index (χ0) is 21.1. The van der Waals surface area contributed by atoms with Gasteiger partial charge in [-0.05, 0) is 24.3 Å². The standard InChI is InChI=1S/C19H15N5O3S3/c20-30(26,27)13-6-7-14-16(8-13)29-19(23-14)24-17(25)10-28-18-9-15(21-11-22-18)12-4-2-1-3-5-12/h1-9,11H,10H2,(H2,20,26,27)(H,23,24,25). The fraction of sp³-hybridized carbons (Fsp3) is 0.0526. The van der Waals surface area contributed by atoms with Crippen molar-refractivity contribution in [2.45, 2.75) is 9.92 Å². The van der Waals surface area contributed by atoms with Gasteiger partial charge in [0.05, 0.1) is 26.6 Å². The van der Waals surface area contributed by atoms with Gasteiger partial charge in [-0.2, -0.15) is 0 Å². The number of nitrogens with two attached hydrogens (primary N) is 1. The second-order valence-corrected chi connectivity index (χ2v) is 9.73. The lowest BCUT2D eigenvalue weighted by Gasteiger charge is -2.04. The Morgan fingerprint density at radius 1 is 1.10 bits per heavy atom. The first-order valence-corrected chi connectivity index (χ1v) is 12.0. The summed E-state index contributed by atoms with van der Waals surface area (Å²) in [4.78, 5) is 25.1. The maximum absolute atomic E-state index is 12.3. The molecule has 8 nitrogen and oxygen atoms in total. The van der Waals surface area contributed by atoms with Gasteiger partial charge < -0.3 is 5.32 Å². The van der Waals surface area contributed by atoms with Crippen molar-refractivity contribution in [2.24, 2.45) is 5.14 Å². The van der Waals surface area contributed by atoms with E-state index in [1.54, 1.807) is 6.07 Å². The van der Waals surface area contributed by atoms with E-state index in [-0.39, 0.29) is 16.6 Å². The molecule has 0 radical (unpaired) electrons. The number of aromatic nitrogens is 3. The molecule has 0 spiro atoms. The van der Waals surface area contributed by atoms with Crippen molar-refractivity contribution in [1.82, 2.24) is 15.0 Å². The summed E-state index contributed by atoms with van der Waals surface area (Å²) in [5.74, 6) is -0.102. The van der Waals surface area contributed by atoms with E-state index in [4.69, 9.17) is 5.14 Å². The van der Waals surface area contributed by atoms with Crippen LogP contribution in [0.25, 0.3) is 21.5 Å². The summed E-state index contributed by atoms with van der Waals surface area (Å²) in [6, 6.07) is 15.9. The summed E-state index contributed by atoms with van der Waals surface area (Å²) in [6.07, 6.45) is 1.47. The van der Waals surface area contributed by atoms with Gasteiger partial charge in [0.2, 0.25) is 15.9 Å². The minimum absolute atomic E-state index is 0.00469. The molecule has 3 N–H and O–H groups in total. The van der Waals surface area contributed by atoms with Crippen LogP contribution in [0.4, 0.5) is 5.13 Å². The highest BCUT2D eigenvalue weighted by molar-refractivity contribution is 7.99. The first-order valence-electron chi connectivity index (χ1n) is 8.62. The third-order valence-electron chi connectivity index (χ3n) is 4.00. The van der Waals surface area contributed by atoms with E-state index in [0.29, 0.717) is 20.4 Å². The highest BCUT2D eigenvalue weighted by Crippen LogP contribution is 2.28. The van der Waals surface area contributed by atoms with Crippen LogP contribution in [0, 0.1) is 0 Å². The summed E-state index contributed by atoms with van der Waals surface area (Å²) in [7, 11) is -3.79. The Kier molecular flexibility index (Phi) is 5.77. The Morgan fingerprint density at radius 3 is 2.67 bits per heavy atom. The first kappa shape index (κ1) is 20.4. The van der Waals surface area contributed by atoms with Crippen molar-refractivity contribution in [3.63, 3.8) is 0 Å². The van der Waals surface area contributed by atoms with E-state index in [1.807, 2.05) is 36.4 Å². The lowest BCUT2D eigenvalue weighted by molar-refractivity contribution is -0.113. The van der Waals surface area contributed by atoms with Crippen LogP contribution in [-0.4, -0.2) is 35.0 Å². The number of thiazole rings is 1. The lowest BCUT2D eigenvalue weighted by Crippen LogP contribution is -2.13. The summed E-state index contributed by atoms with van der Waals surface area (Å²) >= 11 is 2.47. The topological polar surface area (TPSA) is 128 Å². The normalized spacial score (nSPS) is 11.5. The predicted octanol–water partition coefficient (Wildman–Crippen LogP) is 3.13. The van der Waals surface area contributed by atoms with Gasteiger partial charge in [0.15, 0.2) is 5.13 Å². The molecule has 0 bridgehead atoms. The van der Waals surface area contributed by atoms with Gasteiger partial charge in [-0.3, -0.25) is 4.79 Å². The number of benzene rings is 2. The fourth-order valence-electron chi connectivity index (χ4n) is 2.62. The zero-order valence-corrected chi connectivity index (χ0v) is 17.8. The van der Waals surface area contributed by atoms with E-state index in [9.17, 15) is 13.2 Å². The molecule has 152 valence electrons. The molecule has 0 aliphatic rings. The number of anilines is 1. The third kappa shape index (κ3) is 4.82. The van der Waals surface area contributed by atoms with E-state index < -0.39 is 10.0 Å². The Bertz CT molecular complexity index is 1320. The molecule has 0 saturated carbocycles. The lowest BCUT2D eigenvalue weighted by atomic mass is 10.1. The van der Waals surface area contributed by atoms with E-state index in [2.05, 4.69) is 20.3 Å². The monoisotopic (exact) mass is 457 g/mol. The number of fused-ring (bicyclic) bond motifs is 1. The van der Waals surface area contributed by atoms with Gasteiger partial charge in [0.25, 0.3) is 0 Å².